The van der Waals surface area contributed by atoms with Gasteiger partial charge in [0.05, 0.1) is 0 Å². The molecular weight excluding hydrogens is 168 g/mol. The number of halogens is 2. The number of carbonyl (C=O) groups excluding carboxylic acids is 1. The molecule has 0 amide bonds. The summed E-state index contributed by atoms with van der Waals surface area (Å²) in [4.78, 5) is 14.6. The molecule has 0 fully saturated rings. The first kappa shape index (κ1) is 8.58. The molecule has 0 atom stereocenters. The largest absolute Gasteiger partial charge is 0.531 e. The van der Waals surface area contributed by atoms with E-state index in [1.165, 1.54) is 11.4 Å². The maximum Gasteiger partial charge on any atom is 0.531 e. The van der Waals surface area contributed by atoms with Crippen molar-refractivity contribution in [3.8, 4) is 0 Å². The molecule has 64 valence electrons. The average molecular weight is 173 g/mol. The molecule has 0 saturated heterocycles. The van der Waals surface area contributed by atoms with Crippen molar-refractivity contribution in [2.75, 3.05) is 0 Å². The van der Waals surface area contributed by atoms with E-state index in [1.807, 2.05) is 23.1 Å². The van der Waals surface area contributed by atoms with Crippen molar-refractivity contribution in [1.29, 1.82) is 0 Å². The quantitative estimate of drug-likeness (QED) is 0.571. The van der Waals surface area contributed by atoms with E-state index >= 15 is 0 Å². The fourth-order valence-corrected chi connectivity index (χ4v) is 0.820. The van der Waals surface area contributed by atoms with Crippen LogP contribution in [0.2, 0.25) is 0 Å². The molecular formula is C7H5F2NO2. The molecule has 5 heteroatoms. The van der Waals surface area contributed by atoms with Crippen LogP contribution < -0.4 is 0 Å². The monoisotopic (exact) mass is 173 g/mol. The van der Waals surface area contributed by atoms with Gasteiger partial charge in [0.15, 0.2) is 0 Å². The van der Waals surface area contributed by atoms with E-state index in [0.29, 0.717) is 0 Å². The Balaban J connectivity index is 0.000000130. The van der Waals surface area contributed by atoms with Crippen molar-refractivity contribution in [1.82, 2.24) is 4.98 Å². The van der Waals surface area contributed by atoms with Crippen LogP contribution in [0.4, 0.5) is 13.7 Å². The lowest BCUT2D eigenvalue weighted by Crippen LogP contribution is -2.05. The van der Waals surface area contributed by atoms with E-state index in [4.69, 9.17) is 4.79 Å². The lowest BCUT2D eigenvalue weighted by Gasteiger charge is -2.09. The summed E-state index contributed by atoms with van der Waals surface area (Å²) < 4.78 is 20.1. The third-order valence-electron chi connectivity index (χ3n) is 1.29. The predicted octanol–water partition coefficient (Wildman–Crippen LogP) is 1.96. The molecule has 0 radical (unpaired) electrons. The molecule has 2 heterocycles. The first-order valence-electron chi connectivity index (χ1n) is 3.15. The summed E-state index contributed by atoms with van der Waals surface area (Å²) in [6, 6.07) is 6.14. The number of hydrogen-bond acceptors (Lipinski definition) is 3. The van der Waals surface area contributed by atoms with Crippen LogP contribution in [0.3, 0.4) is 0 Å². The first-order valence-corrected chi connectivity index (χ1v) is 3.15. The summed E-state index contributed by atoms with van der Waals surface area (Å²) in [5, 5.41) is 0. The minimum atomic E-state index is -2.41. The van der Waals surface area contributed by atoms with Crippen LogP contribution >= 0.6 is 0 Å². The Kier molecular flexibility index (Phi) is 2.68. The predicted molar refractivity (Wildman–Crippen MR) is 35.7 cm³/mol. The second-order valence-corrected chi connectivity index (χ2v) is 2.11. The molecule has 0 spiro atoms. The van der Waals surface area contributed by atoms with E-state index < -0.39 is 6.22 Å². The topological polar surface area (TPSA) is 39.2 Å². The van der Waals surface area contributed by atoms with Crippen LogP contribution in [-0.2, 0) is 11.4 Å². The number of hydrogen-bond donors (Lipinski definition) is 0. The summed E-state index contributed by atoms with van der Waals surface area (Å²) in [5.41, 5.74) is 2.47. The van der Waals surface area contributed by atoms with Crippen LogP contribution in [0.25, 0.3) is 0 Å². The standard InChI is InChI=1S/C6H5N.CF2O2/c1-2-5-4-6(3-1)7-5;2-1(4)5-3/h1-3H,4H2;. The van der Waals surface area contributed by atoms with E-state index in [2.05, 4.69) is 4.98 Å². The maximum atomic E-state index is 10.2. The van der Waals surface area contributed by atoms with Gasteiger partial charge < -0.3 is 0 Å². The molecule has 2 aliphatic rings. The Morgan fingerprint density at radius 2 is 1.92 bits per heavy atom. The maximum absolute atomic E-state index is 10.2. The van der Waals surface area contributed by atoms with Gasteiger partial charge in [-0.05, 0) is 12.1 Å². The van der Waals surface area contributed by atoms with Gasteiger partial charge in [-0.25, -0.2) is 9.74 Å². The van der Waals surface area contributed by atoms with Gasteiger partial charge in [0.1, 0.15) is 0 Å². The number of fused-ring (bicyclic) bond motifs is 2. The van der Waals surface area contributed by atoms with E-state index in [-0.39, 0.29) is 0 Å². The summed E-state index contributed by atoms with van der Waals surface area (Å²) in [5.74, 6) is 0. The third-order valence-corrected chi connectivity index (χ3v) is 1.29. The molecule has 3 nitrogen and oxygen atoms in total. The van der Waals surface area contributed by atoms with Crippen molar-refractivity contribution in [3.05, 3.63) is 29.6 Å². The second kappa shape index (κ2) is 3.75. The lowest BCUT2D eigenvalue weighted by molar-refractivity contribution is -0.0754. The Labute approximate surface area is 66.9 Å². The zero-order valence-corrected chi connectivity index (χ0v) is 5.96. The van der Waals surface area contributed by atoms with Crippen molar-refractivity contribution >= 4 is 6.22 Å². The number of rotatable bonds is 0. The van der Waals surface area contributed by atoms with Crippen molar-refractivity contribution < 1.29 is 18.7 Å². The van der Waals surface area contributed by atoms with Gasteiger partial charge in [-0.1, -0.05) is 6.07 Å². The van der Waals surface area contributed by atoms with Gasteiger partial charge in [0.25, 0.3) is 0 Å². The molecule has 1 aromatic rings. The molecule has 0 N–H and O–H groups in total. The third kappa shape index (κ3) is 2.26. The van der Waals surface area contributed by atoms with Gasteiger partial charge in [0, 0.05) is 22.3 Å². The molecule has 2 bridgehead atoms. The van der Waals surface area contributed by atoms with Crippen LogP contribution in [0.1, 0.15) is 11.4 Å². The minimum Gasteiger partial charge on any atom is -0.257 e. The van der Waals surface area contributed by atoms with Crippen molar-refractivity contribution in [3.63, 3.8) is 0 Å². The molecule has 0 aromatic carbocycles. The average Bonchev–Trinajstić information content (AvgIpc) is 2.06. The normalized spacial score (nSPS) is 10.5. The highest BCUT2D eigenvalue weighted by molar-refractivity contribution is 5.56. The number of nitrogens with zero attached hydrogens (tertiary/aromatic N) is 1. The van der Waals surface area contributed by atoms with Gasteiger partial charge in [0.2, 0.25) is 0 Å². The highest BCUT2D eigenvalue weighted by Crippen LogP contribution is 2.12. The first-order chi connectivity index (χ1) is 5.72. The number of pyridine rings is 1. The fraction of sp³-hybridized carbons (Fsp3) is 0.143. The summed E-state index contributed by atoms with van der Waals surface area (Å²) in [6.07, 6.45) is -1.30. The smallest absolute Gasteiger partial charge is 0.257 e. The Bertz CT molecular complexity index is 266. The molecule has 0 unspecified atom stereocenters. The van der Waals surface area contributed by atoms with E-state index in [0.717, 1.165) is 6.42 Å². The van der Waals surface area contributed by atoms with E-state index in [1.54, 1.807) is 0 Å². The van der Waals surface area contributed by atoms with Crippen LogP contribution in [0.5, 0.6) is 0 Å². The molecule has 1 aliphatic heterocycles. The SMILES string of the molecule is O=C(F)OF.c1cc2nc(c1)C2. The number of aromatic nitrogens is 1. The molecule has 1 aromatic heterocycles. The Morgan fingerprint density at radius 3 is 2.00 bits per heavy atom. The van der Waals surface area contributed by atoms with Gasteiger partial charge >= 0.3 is 6.22 Å². The highest BCUT2D eigenvalue weighted by Gasteiger charge is 2.06. The van der Waals surface area contributed by atoms with Gasteiger partial charge in [-0.3, -0.25) is 4.98 Å². The molecule has 0 saturated carbocycles. The fourth-order valence-electron chi connectivity index (χ4n) is 0.820. The van der Waals surface area contributed by atoms with Crippen molar-refractivity contribution in [2.45, 2.75) is 6.42 Å². The van der Waals surface area contributed by atoms with E-state index in [9.17, 15) is 8.92 Å². The van der Waals surface area contributed by atoms with Crippen LogP contribution in [0, 0.1) is 0 Å². The summed E-state index contributed by atoms with van der Waals surface area (Å²) in [6.45, 7) is 0. The molecule has 3 rings (SSSR count). The lowest BCUT2D eigenvalue weighted by atomic mass is 10.1. The minimum absolute atomic E-state index is 1.11. The zero-order valence-electron chi connectivity index (χ0n) is 5.96. The Hall–Kier alpha value is -1.52. The van der Waals surface area contributed by atoms with Crippen LogP contribution in [0.15, 0.2) is 18.2 Å². The zero-order chi connectivity index (χ0) is 8.97. The molecule has 12 heavy (non-hydrogen) atoms. The van der Waals surface area contributed by atoms with Gasteiger partial charge in [-0.2, -0.15) is 0 Å². The van der Waals surface area contributed by atoms with Crippen molar-refractivity contribution in [2.24, 2.45) is 0 Å². The summed E-state index contributed by atoms with van der Waals surface area (Å²) in [7, 11) is 0. The second-order valence-electron chi connectivity index (χ2n) is 2.11. The van der Waals surface area contributed by atoms with Crippen LogP contribution in [-0.4, -0.2) is 11.2 Å². The van der Waals surface area contributed by atoms with Gasteiger partial charge in [-0.15, -0.1) is 4.39 Å². The molecule has 1 aliphatic carbocycles. The Morgan fingerprint density at radius 1 is 1.50 bits per heavy atom. The summed E-state index contributed by atoms with van der Waals surface area (Å²) >= 11 is 0. The number of carbonyl (C=O) groups is 1. The highest BCUT2D eigenvalue weighted by atomic mass is 19.3.